The number of rotatable bonds is 4. The molecule has 0 aromatic carbocycles. The van der Waals surface area contributed by atoms with Crippen LogP contribution in [-0.2, 0) is 9.47 Å². The molecule has 0 saturated carbocycles. The lowest BCUT2D eigenvalue weighted by Gasteiger charge is -2.53. The Balaban J connectivity index is 2.11. The third kappa shape index (κ3) is 3.13. The van der Waals surface area contributed by atoms with E-state index in [-0.39, 0.29) is 11.1 Å². The van der Waals surface area contributed by atoms with Gasteiger partial charge in [-0.15, -0.1) is 0 Å². The summed E-state index contributed by atoms with van der Waals surface area (Å²) >= 11 is 0. The second-order valence-corrected chi connectivity index (χ2v) is 6.46. The van der Waals surface area contributed by atoms with Gasteiger partial charge in [0.1, 0.15) is 0 Å². The van der Waals surface area contributed by atoms with Crippen molar-refractivity contribution in [3.63, 3.8) is 0 Å². The van der Waals surface area contributed by atoms with Gasteiger partial charge in [0.15, 0.2) is 0 Å². The lowest BCUT2D eigenvalue weighted by molar-refractivity contribution is -0.136. The molecule has 0 aromatic rings. The fourth-order valence-electron chi connectivity index (χ4n) is 3.63. The number of ether oxygens (including phenoxy) is 2. The van der Waals surface area contributed by atoms with Crippen LogP contribution >= 0.6 is 0 Å². The molecule has 4 nitrogen and oxygen atoms in total. The quantitative estimate of drug-likeness (QED) is 0.846. The Kier molecular flexibility index (Phi) is 4.88. The van der Waals surface area contributed by atoms with Crippen molar-refractivity contribution in [2.45, 2.75) is 63.1 Å². The zero-order chi connectivity index (χ0) is 13.9. The average Bonchev–Trinajstić information content (AvgIpc) is 2.47. The molecule has 2 atom stereocenters. The minimum absolute atomic E-state index is 0.0168. The second-order valence-electron chi connectivity index (χ2n) is 6.46. The molecule has 0 amide bonds. The Bertz CT molecular complexity index is 294. The fourth-order valence-corrected chi connectivity index (χ4v) is 3.63. The highest BCUT2D eigenvalue weighted by atomic mass is 16.5. The zero-order valence-corrected chi connectivity index (χ0v) is 12.8. The molecule has 0 bridgehead atoms. The second kappa shape index (κ2) is 6.08. The maximum absolute atomic E-state index is 6.19. The molecule has 112 valence electrons. The zero-order valence-electron chi connectivity index (χ0n) is 12.8. The van der Waals surface area contributed by atoms with E-state index in [1.807, 2.05) is 0 Å². The molecule has 2 aliphatic rings. The molecule has 0 spiro atoms. The van der Waals surface area contributed by atoms with Gasteiger partial charge in [0.05, 0.1) is 5.60 Å². The molecular formula is C15H30N2O2. The standard InChI is InChI=1S/C15H30N2O2/c1-4-14(2)11-15(12-16,7-10-19-14)17(3)13-5-8-18-9-6-13/h13H,4-12,16H2,1-3H3. The van der Waals surface area contributed by atoms with Crippen LogP contribution in [0.25, 0.3) is 0 Å². The average molecular weight is 270 g/mol. The molecule has 19 heavy (non-hydrogen) atoms. The molecule has 2 fully saturated rings. The highest BCUT2D eigenvalue weighted by Crippen LogP contribution is 2.39. The third-order valence-corrected chi connectivity index (χ3v) is 5.34. The molecule has 0 aromatic heterocycles. The van der Waals surface area contributed by atoms with Crippen LogP contribution in [0.1, 0.15) is 46.0 Å². The largest absolute Gasteiger partial charge is 0.381 e. The Morgan fingerprint density at radius 2 is 1.95 bits per heavy atom. The molecular weight excluding hydrogens is 240 g/mol. The Hall–Kier alpha value is -0.160. The van der Waals surface area contributed by atoms with E-state index in [4.69, 9.17) is 15.2 Å². The van der Waals surface area contributed by atoms with E-state index >= 15 is 0 Å². The van der Waals surface area contributed by atoms with Gasteiger partial charge in [-0.2, -0.15) is 0 Å². The van der Waals surface area contributed by atoms with E-state index in [2.05, 4.69) is 25.8 Å². The summed E-state index contributed by atoms with van der Waals surface area (Å²) in [5, 5.41) is 0. The first-order valence-electron chi connectivity index (χ1n) is 7.70. The van der Waals surface area contributed by atoms with Crippen LogP contribution in [0, 0.1) is 0 Å². The van der Waals surface area contributed by atoms with E-state index < -0.39 is 0 Å². The number of nitrogens with zero attached hydrogens (tertiary/aromatic N) is 1. The van der Waals surface area contributed by atoms with Crippen molar-refractivity contribution in [2.75, 3.05) is 33.4 Å². The Labute approximate surface area is 117 Å². The first-order valence-corrected chi connectivity index (χ1v) is 7.70. The monoisotopic (exact) mass is 270 g/mol. The summed E-state index contributed by atoms with van der Waals surface area (Å²) in [4.78, 5) is 2.55. The maximum atomic E-state index is 6.19. The van der Waals surface area contributed by atoms with Crippen LogP contribution in [0.5, 0.6) is 0 Å². The van der Waals surface area contributed by atoms with Gasteiger partial charge in [-0.25, -0.2) is 0 Å². The van der Waals surface area contributed by atoms with Crippen LogP contribution < -0.4 is 5.73 Å². The highest BCUT2D eigenvalue weighted by Gasteiger charge is 2.45. The van der Waals surface area contributed by atoms with Crippen LogP contribution in [0.2, 0.25) is 0 Å². The summed E-state index contributed by atoms with van der Waals surface area (Å²) in [5.74, 6) is 0. The van der Waals surface area contributed by atoms with Crippen LogP contribution in [-0.4, -0.2) is 55.5 Å². The third-order valence-electron chi connectivity index (χ3n) is 5.34. The van der Waals surface area contributed by atoms with Crippen molar-refractivity contribution in [3.8, 4) is 0 Å². The van der Waals surface area contributed by atoms with Crippen molar-refractivity contribution in [3.05, 3.63) is 0 Å². The molecule has 4 heteroatoms. The maximum Gasteiger partial charge on any atom is 0.0670 e. The predicted molar refractivity (Wildman–Crippen MR) is 77.3 cm³/mol. The molecule has 2 rings (SSSR count). The van der Waals surface area contributed by atoms with Gasteiger partial charge in [-0.05, 0) is 46.1 Å². The molecule has 2 saturated heterocycles. The SMILES string of the molecule is CCC1(C)CC(CN)(N(C)C2CCOCC2)CCO1. The minimum Gasteiger partial charge on any atom is -0.381 e. The van der Waals surface area contributed by atoms with Gasteiger partial charge in [-0.1, -0.05) is 6.92 Å². The van der Waals surface area contributed by atoms with Gasteiger partial charge in [0, 0.05) is 37.9 Å². The summed E-state index contributed by atoms with van der Waals surface area (Å²) < 4.78 is 11.5. The van der Waals surface area contributed by atoms with E-state index in [1.54, 1.807) is 0 Å². The van der Waals surface area contributed by atoms with E-state index in [0.29, 0.717) is 6.04 Å². The molecule has 0 radical (unpaired) electrons. The molecule has 2 N–H and O–H groups in total. The lowest BCUT2D eigenvalue weighted by atomic mass is 9.77. The van der Waals surface area contributed by atoms with Gasteiger partial charge in [-0.3, -0.25) is 4.90 Å². The van der Waals surface area contributed by atoms with Crippen LogP contribution in [0.4, 0.5) is 0 Å². The molecule has 0 aliphatic carbocycles. The number of hydrogen-bond donors (Lipinski definition) is 1. The highest BCUT2D eigenvalue weighted by molar-refractivity contribution is 5.01. The van der Waals surface area contributed by atoms with Crippen molar-refractivity contribution < 1.29 is 9.47 Å². The van der Waals surface area contributed by atoms with Gasteiger partial charge >= 0.3 is 0 Å². The van der Waals surface area contributed by atoms with Crippen molar-refractivity contribution in [1.82, 2.24) is 4.90 Å². The van der Waals surface area contributed by atoms with Gasteiger partial charge in [0.25, 0.3) is 0 Å². The van der Waals surface area contributed by atoms with Gasteiger partial charge < -0.3 is 15.2 Å². The number of likely N-dealkylation sites (N-methyl/N-ethyl adjacent to an activating group) is 1. The van der Waals surface area contributed by atoms with Crippen LogP contribution in [0.3, 0.4) is 0 Å². The van der Waals surface area contributed by atoms with Crippen LogP contribution in [0.15, 0.2) is 0 Å². The number of nitrogens with two attached hydrogens (primary N) is 1. The van der Waals surface area contributed by atoms with Crippen molar-refractivity contribution in [1.29, 1.82) is 0 Å². The van der Waals surface area contributed by atoms with E-state index in [9.17, 15) is 0 Å². The fraction of sp³-hybridized carbons (Fsp3) is 1.00. The van der Waals surface area contributed by atoms with E-state index in [1.165, 1.54) is 0 Å². The van der Waals surface area contributed by atoms with E-state index in [0.717, 1.165) is 58.5 Å². The first-order chi connectivity index (χ1) is 9.05. The molecule has 2 heterocycles. The Morgan fingerprint density at radius 3 is 2.53 bits per heavy atom. The summed E-state index contributed by atoms with van der Waals surface area (Å²) in [7, 11) is 2.25. The number of hydrogen-bond acceptors (Lipinski definition) is 4. The topological polar surface area (TPSA) is 47.7 Å². The minimum atomic E-state index is -0.0168. The summed E-state index contributed by atoms with van der Waals surface area (Å²) in [6.45, 7) is 7.76. The normalized spacial score (nSPS) is 37.7. The van der Waals surface area contributed by atoms with Crippen molar-refractivity contribution >= 4 is 0 Å². The Morgan fingerprint density at radius 1 is 1.26 bits per heavy atom. The summed E-state index contributed by atoms with van der Waals surface area (Å²) in [6.07, 6.45) is 5.40. The summed E-state index contributed by atoms with van der Waals surface area (Å²) in [5.41, 5.74) is 6.28. The first kappa shape index (κ1) is 15.2. The predicted octanol–water partition coefficient (Wildman–Crippen LogP) is 1.77. The van der Waals surface area contributed by atoms with Crippen molar-refractivity contribution in [2.24, 2.45) is 5.73 Å². The van der Waals surface area contributed by atoms with Gasteiger partial charge in [0.2, 0.25) is 0 Å². The smallest absolute Gasteiger partial charge is 0.0670 e. The summed E-state index contributed by atoms with van der Waals surface area (Å²) in [6, 6.07) is 0.608. The molecule has 2 unspecified atom stereocenters. The lowest BCUT2D eigenvalue weighted by Crippen LogP contribution is -2.62. The molecule has 2 aliphatic heterocycles.